The molecule has 0 aliphatic heterocycles. The SMILES string of the molecule is CC[C@H](CC1CCCCC1)C(C)=O. The van der Waals surface area contributed by atoms with Gasteiger partial charge in [-0.25, -0.2) is 0 Å². The van der Waals surface area contributed by atoms with Crippen LogP contribution in [0.15, 0.2) is 0 Å². The summed E-state index contributed by atoms with van der Waals surface area (Å²) in [7, 11) is 0. The minimum Gasteiger partial charge on any atom is -0.300 e. The average molecular weight is 182 g/mol. The quantitative estimate of drug-likeness (QED) is 0.649. The van der Waals surface area contributed by atoms with Gasteiger partial charge in [-0.15, -0.1) is 0 Å². The van der Waals surface area contributed by atoms with Crippen molar-refractivity contribution in [2.45, 2.75) is 58.8 Å². The molecule has 1 heteroatoms. The second-order valence-electron chi connectivity index (χ2n) is 4.46. The van der Waals surface area contributed by atoms with E-state index in [-0.39, 0.29) is 0 Å². The zero-order valence-electron chi connectivity index (χ0n) is 9.01. The highest BCUT2D eigenvalue weighted by atomic mass is 16.1. The van der Waals surface area contributed by atoms with Crippen molar-refractivity contribution >= 4 is 5.78 Å². The number of rotatable bonds is 4. The number of Topliss-reactive ketones (excluding diaryl/α,β-unsaturated/α-hetero) is 1. The number of carbonyl (C=O) groups excluding carboxylic acids is 1. The summed E-state index contributed by atoms with van der Waals surface area (Å²) in [6, 6.07) is 0. The fraction of sp³-hybridized carbons (Fsp3) is 0.917. The minimum atomic E-state index is 0.350. The minimum absolute atomic E-state index is 0.350. The topological polar surface area (TPSA) is 17.1 Å². The molecule has 0 amide bonds. The molecule has 0 bridgehead atoms. The lowest BCUT2D eigenvalue weighted by molar-refractivity contribution is -0.121. The van der Waals surface area contributed by atoms with Crippen molar-refractivity contribution in [2.24, 2.45) is 11.8 Å². The Morgan fingerprint density at radius 3 is 2.38 bits per heavy atom. The van der Waals surface area contributed by atoms with Crippen LogP contribution >= 0.6 is 0 Å². The monoisotopic (exact) mass is 182 g/mol. The molecule has 1 nitrogen and oxygen atoms in total. The molecule has 0 aromatic carbocycles. The molecule has 1 rings (SSSR count). The van der Waals surface area contributed by atoms with Crippen LogP contribution in [0.4, 0.5) is 0 Å². The Hall–Kier alpha value is -0.330. The summed E-state index contributed by atoms with van der Waals surface area (Å²) >= 11 is 0. The van der Waals surface area contributed by atoms with Gasteiger partial charge in [0.25, 0.3) is 0 Å². The second-order valence-corrected chi connectivity index (χ2v) is 4.46. The van der Waals surface area contributed by atoms with Crippen molar-refractivity contribution in [2.75, 3.05) is 0 Å². The molecule has 0 radical (unpaired) electrons. The number of hydrogen-bond donors (Lipinski definition) is 0. The van der Waals surface area contributed by atoms with Crippen molar-refractivity contribution < 1.29 is 4.79 Å². The van der Waals surface area contributed by atoms with Crippen molar-refractivity contribution in [3.8, 4) is 0 Å². The maximum Gasteiger partial charge on any atom is 0.132 e. The predicted octanol–water partition coefficient (Wildman–Crippen LogP) is 3.57. The highest BCUT2D eigenvalue weighted by Gasteiger charge is 2.20. The van der Waals surface area contributed by atoms with E-state index in [1.807, 2.05) is 0 Å². The first kappa shape index (κ1) is 10.7. The van der Waals surface area contributed by atoms with Crippen LogP contribution in [0.2, 0.25) is 0 Å². The normalized spacial score (nSPS) is 21.4. The van der Waals surface area contributed by atoms with Crippen LogP contribution in [-0.4, -0.2) is 5.78 Å². The predicted molar refractivity (Wildman–Crippen MR) is 55.7 cm³/mol. The lowest BCUT2D eigenvalue weighted by Gasteiger charge is -2.24. The van der Waals surface area contributed by atoms with Crippen LogP contribution in [0.3, 0.4) is 0 Å². The Bertz CT molecular complexity index is 157. The van der Waals surface area contributed by atoms with E-state index in [0.29, 0.717) is 11.7 Å². The van der Waals surface area contributed by atoms with E-state index in [4.69, 9.17) is 0 Å². The van der Waals surface area contributed by atoms with E-state index >= 15 is 0 Å². The molecular weight excluding hydrogens is 160 g/mol. The molecular formula is C12H22O. The van der Waals surface area contributed by atoms with Crippen LogP contribution in [0, 0.1) is 11.8 Å². The summed E-state index contributed by atoms with van der Waals surface area (Å²) in [6.07, 6.45) is 9.11. The van der Waals surface area contributed by atoms with Gasteiger partial charge >= 0.3 is 0 Å². The van der Waals surface area contributed by atoms with Crippen molar-refractivity contribution in [3.05, 3.63) is 0 Å². The third-order valence-electron chi connectivity index (χ3n) is 3.41. The molecule has 0 spiro atoms. The molecule has 1 saturated carbocycles. The van der Waals surface area contributed by atoms with Crippen LogP contribution in [0.5, 0.6) is 0 Å². The fourth-order valence-corrected chi connectivity index (χ4v) is 2.45. The molecule has 0 N–H and O–H groups in total. The van der Waals surface area contributed by atoms with E-state index in [1.54, 1.807) is 6.92 Å². The van der Waals surface area contributed by atoms with Gasteiger partial charge in [-0.2, -0.15) is 0 Å². The van der Waals surface area contributed by atoms with Gasteiger partial charge in [-0.05, 0) is 25.7 Å². The zero-order chi connectivity index (χ0) is 9.68. The lowest BCUT2D eigenvalue weighted by atomic mass is 9.81. The largest absolute Gasteiger partial charge is 0.300 e. The Labute approximate surface area is 81.9 Å². The van der Waals surface area contributed by atoms with E-state index in [1.165, 1.54) is 32.1 Å². The summed E-state index contributed by atoms with van der Waals surface area (Å²) < 4.78 is 0. The lowest BCUT2D eigenvalue weighted by Crippen LogP contribution is -2.17. The maximum absolute atomic E-state index is 11.2. The van der Waals surface area contributed by atoms with Crippen LogP contribution in [-0.2, 0) is 4.79 Å². The van der Waals surface area contributed by atoms with Gasteiger partial charge in [-0.1, -0.05) is 39.0 Å². The summed E-state index contributed by atoms with van der Waals surface area (Å²) in [5, 5.41) is 0. The molecule has 1 aliphatic rings. The van der Waals surface area contributed by atoms with Gasteiger partial charge in [0.15, 0.2) is 0 Å². The Balaban J connectivity index is 2.31. The van der Waals surface area contributed by atoms with Crippen LogP contribution in [0.25, 0.3) is 0 Å². The first-order valence-electron chi connectivity index (χ1n) is 5.74. The van der Waals surface area contributed by atoms with E-state index < -0.39 is 0 Å². The van der Waals surface area contributed by atoms with E-state index in [2.05, 4.69) is 6.92 Å². The molecule has 0 aromatic rings. The van der Waals surface area contributed by atoms with E-state index in [9.17, 15) is 4.79 Å². The summed E-state index contributed by atoms with van der Waals surface area (Å²) in [5.41, 5.74) is 0. The van der Waals surface area contributed by atoms with Crippen LogP contribution < -0.4 is 0 Å². The zero-order valence-corrected chi connectivity index (χ0v) is 9.01. The highest BCUT2D eigenvalue weighted by molar-refractivity contribution is 5.78. The highest BCUT2D eigenvalue weighted by Crippen LogP contribution is 2.30. The smallest absolute Gasteiger partial charge is 0.132 e. The molecule has 0 saturated heterocycles. The fourth-order valence-electron chi connectivity index (χ4n) is 2.45. The van der Waals surface area contributed by atoms with Gasteiger partial charge in [-0.3, -0.25) is 4.79 Å². The Kier molecular flexibility index (Phi) is 4.47. The molecule has 1 aliphatic carbocycles. The number of carbonyl (C=O) groups is 1. The van der Waals surface area contributed by atoms with Gasteiger partial charge in [0.1, 0.15) is 5.78 Å². The molecule has 1 atom stereocenters. The Morgan fingerprint density at radius 1 is 1.31 bits per heavy atom. The number of hydrogen-bond acceptors (Lipinski definition) is 1. The molecule has 0 heterocycles. The van der Waals surface area contributed by atoms with Crippen molar-refractivity contribution in [1.82, 2.24) is 0 Å². The number of ketones is 1. The Morgan fingerprint density at radius 2 is 1.92 bits per heavy atom. The van der Waals surface area contributed by atoms with E-state index in [0.717, 1.165) is 18.8 Å². The third-order valence-corrected chi connectivity index (χ3v) is 3.41. The van der Waals surface area contributed by atoms with Crippen molar-refractivity contribution in [3.63, 3.8) is 0 Å². The summed E-state index contributed by atoms with van der Waals surface area (Å²) in [5.74, 6) is 1.60. The molecule has 76 valence electrons. The summed E-state index contributed by atoms with van der Waals surface area (Å²) in [6.45, 7) is 3.88. The standard InChI is InChI=1S/C12H22O/c1-3-12(10(2)13)9-11-7-5-4-6-8-11/h11-12H,3-9H2,1-2H3/t12-/m1/s1. The van der Waals surface area contributed by atoms with Gasteiger partial charge in [0.05, 0.1) is 0 Å². The van der Waals surface area contributed by atoms with Crippen molar-refractivity contribution in [1.29, 1.82) is 0 Å². The van der Waals surface area contributed by atoms with Gasteiger partial charge in [0.2, 0.25) is 0 Å². The first-order chi connectivity index (χ1) is 6.24. The summed E-state index contributed by atoms with van der Waals surface area (Å²) in [4.78, 5) is 11.2. The van der Waals surface area contributed by atoms with Crippen LogP contribution in [0.1, 0.15) is 58.8 Å². The van der Waals surface area contributed by atoms with Gasteiger partial charge < -0.3 is 0 Å². The maximum atomic E-state index is 11.2. The molecule has 13 heavy (non-hydrogen) atoms. The molecule has 1 fully saturated rings. The molecule has 0 aromatic heterocycles. The second kappa shape index (κ2) is 5.41. The first-order valence-corrected chi connectivity index (χ1v) is 5.74. The van der Waals surface area contributed by atoms with Gasteiger partial charge in [0, 0.05) is 5.92 Å². The average Bonchev–Trinajstić information content (AvgIpc) is 2.15. The third kappa shape index (κ3) is 3.50. The molecule has 0 unspecified atom stereocenters.